The van der Waals surface area contributed by atoms with Crippen LogP contribution in [0.1, 0.15) is 18.1 Å². The van der Waals surface area contributed by atoms with E-state index in [-0.39, 0.29) is 5.91 Å². The Labute approximate surface area is 162 Å². The van der Waals surface area contributed by atoms with Crippen molar-refractivity contribution in [3.05, 3.63) is 59.9 Å². The molecule has 27 heavy (non-hydrogen) atoms. The molecule has 1 aromatic carbocycles. The number of amides is 1. The molecule has 2 aromatic heterocycles. The van der Waals surface area contributed by atoms with Crippen molar-refractivity contribution in [2.75, 3.05) is 5.32 Å². The first-order valence-electron chi connectivity index (χ1n) is 8.41. The number of aromatic nitrogens is 2. The Bertz CT molecular complexity index is 1030. The zero-order valence-electron chi connectivity index (χ0n) is 14.8. The van der Waals surface area contributed by atoms with Crippen LogP contribution in [-0.2, 0) is 17.9 Å². The third-order valence-corrected chi connectivity index (χ3v) is 4.16. The molecule has 0 aliphatic carbocycles. The van der Waals surface area contributed by atoms with Crippen LogP contribution in [-0.4, -0.2) is 21.0 Å². The highest BCUT2D eigenvalue weighted by Gasteiger charge is 2.04. The van der Waals surface area contributed by atoms with E-state index in [1.54, 1.807) is 13.1 Å². The number of thiocarbonyl (C=S) groups is 1. The van der Waals surface area contributed by atoms with Crippen LogP contribution in [0.15, 0.2) is 48.8 Å². The van der Waals surface area contributed by atoms with Crippen molar-refractivity contribution in [1.82, 2.24) is 20.6 Å². The lowest BCUT2D eigenvalue weighted by Crippen LogP contribution is -2.34. The molecule has 0 bridgehead atoms. The van der Waals surface area contributed by atoms with E-state index in [2.05, 4.69) is 37.8 Å². The fourth-order valence-corrected chi connectivity index (χ4v) is 2.77. The molecule has 0 spiro atoms. The quantitative estimate of drug-likeness (QED) is 0.406. The summed E-state index contributed by atoms with van der Waals surface area (Å²) in [6.45, 7) is 2.78. The van der Waals surface area contributed by atoms with Crippen LogP contribution in [0.5, 0.6) is 0 Å². The average molecular weight is 377 g/mol. The third kappa shape index (κ3) is 5.06. The molecule has 2 heterocycles. The molecule has 0 fully saturated rings. The monoisotopic (exact) mass is 377 g/mol. The summed E-state index contributed by atoms with van der Waals surface area (Å²) in [6, 6.07) is 11.5. The number of fused-ring (bicyclic) bond motifs is 1. The minimum absolute atomic E-state index is 0.326. The van der Waals surface area contributed by atoms with Gasteiger partial charge in [0.05, 0.1) is 0 Å². The van der Waals surface area contributed by atoms with E-state index in [4.69, 9.17) is 12.2 Å². The van der Waals surface area contributed by atoms with E-state index in [0.29, 0.717) is 23.9 Å². The van der Waals surface area contributed by atoms with Gasteiger partial charge in [0.1, 0.15) is 5.65 Å². The summed E-state index contributed by atoms with van der Waals surface area (Å²) < 4.78 is 0. The van der Waals surface area contributed by atoms with Crippen molar-refractivity contribution in [3.63, 3.8) is 0 Å². The second-order valence-corrected chi connectivity index (χ2v) is 6.18. The second-order valence-electron chi connectivity index (χ2n) is 5.78. The smallest absolute Gasteiger partial charge is 0.300 e. The standard InChI is InChI=1S/C20H19N5OS/c1-2-4-18(26)25-16-6-3-5-14(11-16)12-23-20(27)24-13-15-7-9-21-19-17(15)8-10-22-19/h3,5-11H,12-13H2,1H3,(H,21,22)(H,25,26)(H2,23,24,27). The predicted octanol–water partition coefficient (Wildman–Crippen LogP) is 2.69. The molecule has 3 rings (SSSR count). The van der Waals surface area contributed by atoms with Crippen LogP contribution in [0.4, 0.5) is 5.69 Å². The van der Waals surface area contributed by atoms with Gasteiger partial charge in [-0.3, -0.25) is 4.79 Å². The minimum atomic E-state index is -0.326. The summed E-state index contributed by atoms with van der Waals surface area (Å²) in [4.78, 5) is 18.9. The van der Waals surface area contributed by atoms with Gasteiger partial charge in [-0.25, -0.2) is 4.98 Å². The topological polar surface area (TPSA) is 81.8 Å². The van der Waals surface area contributed by atoms with E-state index in [1.165, 1.54) is 0 Å². The number of benzene rings is 1. The van der Waals surface area contributed by atoms with Crippen LogP contribution in [0, 0.1) is 11.8 Å². The van der Waals surface area contributed by atoms with Crippen LogP contribution in [0.3, 0.4) is 0 Å². The van der Waals surface area contributed by atoms with Gasteiger partial charge in [0, 0.05) is 36.6 Å². The molecule has 0 saturated carbocycles. The number of pyridine rings is 1. The van der Waals surface area contributed by atoms with Crippen LogP contribution < -0.4 is 16.0 Å². The van der Waals surface area contributed by atoms with Crippen LogP contribution in [0.25, 0.3) is 11.0 Å². The van der Waals surface area contributed by atoms with Gasteiger partial charge in [0.25, 0.3) is 5.91 Å². The van der Waals surface area contributed by atoms with Crippen LogP contribution in [0.2, 0.25) is 0 Å². The number of nitrogens with zero attached hydrogens (tertiary/aromatic N) is 1. The van der Waals surface area contributed by atoms with Gasteiger partial charge in [0.2, 0.25) is 0 Å². The summed E-state index contributed by atoms with van der Waals surface area (Å²) in [5, 5.41) is 10.7. The Morgan fingerprint density at radius 2 is 2.07 bits per heavy atom. The van der Waals surface area contributed by atoms with Crippen LogP contribution >= 0.6 is 12.2 Å². The number of anilines is 1. The second kappa shape index (κ2) is 8.83. The Morgan fingerprint density at radius 3 is 2.93 bits per heavy atom. The number of H-pyrrole nitrogens is 1. The number of carbonyl (C=O) groups excluding carboxylic acids is 1. The molecule has 0 saturated heterocycles. The SMILES string of the molecule is CC#CC(=O)Nc1cccc(CNC(=S)NCc2ccnc3[nH]ccc23)c1. The normalized spacial score (nSPS) is 9.96. The highest BCUT2D eigenvalue weighted by Crippen LogP contribution is 2.14. The molecule has 6 nitrogen and oxygen atoms in total. The Kier molecular flexibility index (Phi) is 6.02. The van der Waals surface area contributed by atoms with E-state index < -0.39 is 0 Å². The molecule has 3 aromatic rings. The maximum absolute atomic E-state index is 11.5. The van der Waals surface area contributed by atoms with Crippen molar-refractivity contribution in [2.24, 2.45) is 0 Å². The van der Waals surface area contributed by atoms with Gasteiger partial charge < -0.3 is 20.9 Å². The Hall–Kier alpha value is -3.37. The lowest BCUT2D eigenvalue weighted by atomic mass is 10.2. The molecular formula is C20H19N5OS. The maximum Gasteiger partial charge on any atom is 0.300 e. The highest BCUT2D eigenvalue weighted by atomic mass is 32.1. The predicted molar refractivity (Wildman–Crippen MR) is 111 cm³/mol. The first kappa shape index (κ1) is 18.4. The van der Waals surface area contributed by atoms with Gasteiger partial charge in [0.15, 0.2) is 5.11 Å². The maximum atomic E-state index is 11.5. The van der Waals surface area contributed by atoms with Crippen molar-refractivity contribution in [2.45, 2.75) is 20.0 Å². The fraction of sp³-hybridized carbons (Fsp3) is 0.150. The molecule has 0 radical (unpaired) electrons. The van der Waals surface area contributed by atoms with Crippen molar-refractivity contribution < 1.29 is 4.79 Å². The summed E-state index contributed by atoms with van der Waals surface area (Å²) >= 11 is 5.36. The summed E-state index contributed by atoms with van der Waals surface area (Å²) in [5.74, 6) is 4.70. The number of aromatic amines is 1. The van der Waals surface area contributed by atoms with Gasteiger partial charge in [-0.05, 0) is 60.5 Å². The molecule has 1 amide bonds. The minimum Gasteiger partial charge on any atom is -0.359 e. The number of hydrogen-bond donors (Lipinski definition) is 4. The summed E-state index contributed by atoms with van der Waals surface area (Å²) in [7, 11) is 0. The first-order valence-corrected chi connectivity index (χ1v) is 8.82. The summed E-state index contributed by atoms with van der Waals surface area (Å²) in [5.41, 5.74) is 3.68. The fourth-order valence-electron chi connectivity index (χ4n) is 2.63. The number of hydrogen-bond acceptors (Lipinski definition) is 3. The van der Waals surface area contributed by atoms with Crippen molar-refractivity contribution in [3.8, 4) is 11.8 Å². The molecule has 136 valence electrons. The zero-order chi connectivity index (χ0) is 19.1. The number of nitrogens with one attached hydrogen (secondary N) is 4. The molecule has 0 unspecified atom stereocenters. The van der Waals surface area contributed by atoms with Crippen molar-refractivity contribution in [1.29, 1.82) is 0 Å². The molecular weight excluding hydrogens is 358 g/mol. The Morgan fingerprint density at radius 1 is 1.22 bits per heavy atom. The van der Waals surface area contributed by atoms with E-state index in [1.807, 2.05) is 42.6 Å². The average Bonchev–Trinajstić information content (AvgIpc) is 3.14. The molecule has 7 heteroatoms. The van der Waals surface area contributed by atoms with Gasteiger partial charge in [-0.2, -0.15) is 0 Å². The Balaban J connectivity index is 1.52. The van der Waals surface area contributed by atoms with Gasteiger partial charge in [-0.15, -0.1) is 0 Å². The van der Waals surface area contributed by atoms with Crippen molar-refractivity contribution >= 4 is 40.0 Å². The van der Waals surface area contributed by atoms with E-state index in [9.17, 15) is 4.79 Å². The molecule has 0 aliphatic heterocycles. The summed E-state index contributed by atoms with van der Waals surface area (Å²) in [6.07, 6.45) is 3.64. The third-order valence-electron chi connectivity index (χ3n) is 3.87. The number of carbonyl (C=O) groups is 1. The lowest BCUT2D eigenvalue weighted by molar-refractivity contribution is -0.111. The van der Waals surface area contributed by atoms with E-state index >= 15 is 0 Å². The highest BCUT2D eigenvalue weighted by molar-refractivity contribution is 7.80. The first-order chi connectivity index (χ1) is 13.2. The van der Waals surface area contributed by atoms with Gasteiger partial charge in [-0.1, -0.05) is 18.1 Å². The molecule has 0 aliphatic rings. The number of rotatable bonds is 5. The lowest BCUT2D eigenvalue weighted by Gasteiger charge is -2.12. The largest absolute Gasteiger partial charge is 0.359 e. The molecule has 4 N–H and O–H groups in total. The van der Waals surface area contributed by atoms with Gasteiger partial charge >= 0.3 is 0 Å². The van der Waals surface area contributed by atoms with E-state index in [0.717, 1.165) is 22.2 Å². The molecule has 0 atom stereocenters. The zero-order valence-corrected chi connectivity index (χ0v) is 15.6.